The van der Waals surface area contributed by atoms with E-state index in [9.17, 15) is 15.0 Å². The van der Waals surface area contributed by atoms with Crippen molar-refractivity contribution < 1.29 is 15.0 Å². The first kappa shape index (κ1) is 16.8. The molecule has 4 rings (SSSR count). The summed E-state index contributed by atoms with van der Waals surface area (Å²) in [6, 6.07) is 0. The lowest BCUT2D eigenvalue weighted by molar-refractivity contribution is -0.125. The van der Waals surface area contributed by atoms with Crippen molar-refractivity contribution in [3.8, 4) is 0 Å². The van der Waals surface area contributed by atoms with Crippen LogP contribution in [-0.4, -0.2) is 28.2 Å². The molecule has 0 aromatic heterocycles. The van der Waals surface area contributed by atoms with Gasteiger partial charge in [-0.3, -0.25) is 4.79 Å². The Morgan fingerprint density at radius 1 is 1.12 bits per heavy atom. The van der Waals surface area contributed by atoms with Crippen molar-refractivity contribution in [2.75, 3.05) is 6.61 Å². The Morgan fingerprint density at radius 3 is 2.75 bits per heavy atom. The normalized spacial score (nSPS) is 47.6. The van der Waals surface area contributed by atoms with E-state index in [1.807, 2.05) is 6.08 Å². The Morgan fingerprint density at radius 2 is 1.96 bits per heavy atom. The van der Waals surface area contributed by atoms with E-state index in [0.29, 0.717) is 24.0 Å². The van der Waals surface area contributed by atoms with Crippen LogP contribution in [-0.2, 0) is 4.79 Å². The number of fused-ring (bicyclic) bond motifs is 5. The van der Waals surface area contributed by atoms with Crippen LogP contribution in [0.1, 0.15) is 71.1 Å². The van der Waals surface area contributed by atoms with Gasteiger partial charge in [0.2, 0.25) is 0 Å². The van der Waals surface area contributed by atoms with E-state index >= 15 is 0 Å². The van der Waals surface area contributed by atoms with Gasteiger partial charge in [0.25, 0.3) is 0 Å². The molecule has 4 aliphatic rings. The molecule has 3 fully saturated rings. The van der Waals surface area contributed by atoms with Gasteiger partial charge in [0.15, 0.2) is 5.78 Å². The van der Waals surface area contributed by atoms with E-state index in [4.69, 9.17) is 0 Å². The lowest BCUT2D eigenvalue weighted by Gasteiger charge is -2.55. The molecule has 0 aromatic carbocycles. The van der Waals surface area contributed by atoms with Crippen LogP contribution in [0.25, 0.3) is 0 Å². The molecular formula is C21H32O3. The number of carbonyl (C=O) groups is 1. The van der Waals surface area contributed by atoms with Gasteiger partial charge in [0.05, 0.1) is 5.60 Å². The number of rotatable bonds is 3. The molecule has 4 aliphatic carbocycles. The molecule has 0 unspecified atom stereocenters. The number of aliphatic hydroxyl groups excluding tert-OH is 1. The molecule has 0 heterocycles. The van der Waals surface area contributed by atoms with Crippen molar-refractivity contribution in [3.05, 3.63) is 11.6 Å². The summed E-state index contributed by atoms with van der Waals surface area (Å²) in [6.07, 6.45) is 11.9. The third kappa shape index (κ3) is 2.34. The van der Waals surface area contributed by atoms with Crippen LogP contribution in [0.5, 0.6) is 0 Å². The van der Waals surface area contributed by atoms with E-state index in [1.54, 1.807) is 0 Å². The summed E-state index contributed by atoms with van der Waals surface area (Å²) in [5, 5.41) is 20.6. The second kappa shape index (κ2) is 5.95. The van der Waals surface area contributed by atoms with Crippen LogP contribution in [0.4, 0.5) is 0 Å². The minimum absolute atomic E-state index is 0.0229. The highest BCUT2D eigenvalue weighted by Crippen LogP contribution is 2.65. The maximum Gasteiger partial charge on any atom is 0.155 e. The Hall–Kier alpha value is -0.670. The zero-order valence-corrected chi connectivity index (χ0v) is 15.0. The molecule has 0 aliphatic heterocycles. The SMILES string of the molecule is C[C@]12CC[C@H]3[C@@H](CCC4=CC(=O)CC[C@@H]43)[C@@H]1CC[C@@]2(O)CCCO. The van der Waals surface area contributed by atoms with Crippen molar-refractivity contribution in [2.24, 2.45) is 29.1 Å². The van der Waals surface area contributed by atoms with Crippen LogP contribution < -0.4 is 0 Å². The van der Waals surface area contributed by atoms with Crippen molar-refractivity contribution in [3.63, 3.8) is 0 Å². The molecule has 3 nitrogen and oxygen atoms in total. The third-order valence-corrected chi connectivity index (χ3v) is 8.37. The number of aliphatic hydroxyl groups is 2. The molecule has 24 heavy (non-hydrogen) atoms. The van der Waals surface area contributed by atoms with Gasteiger partial charge in [-0.25, -0.2) is 0 Å². The third-order valence-electron chi connectivity index (χ3n) is 8.37. The minimum atomic E-state index is -0.579. The van der Waals surface area contributed by atoms with E-state index in [2.05, 4.69) is 6.92 Å². The predicted molar refractivity (Wildman–Crippen MR) is 93.4 cm³/mol. The molecular weight excluding hydrogens is 300 g/mol. The van der Waals surface area contributed by atoms with Gasteiger partial charge in [-0.15, -0.1) is 0 Å². The highest BCUT2D eigenvalue weighted by Gasteiger charge is 2.61. The van der Waals surface area contributed by atoms with E-state index in [0.717, 1.165) is 56.8 Å². The van der Waals surface area contributed by atoms with Crippen LogP contribution >= 0.6 is 0 Å². The van der Waals surface area contributed by atoms with E-state index in [1.165, 1.54) is 18.4 Å². The largest absolute Gasteiger partial charge is 0.396 e. The Bertz CT molecular complexity index is 553. The summed E-state index contributed by atoms with van der Waals surface area (Å²) in [6.45, 7) is 2.51. The fourth-order valence-corrected chi connectivity index (χ4v) is 7.07. The van der Waals surface area contributed by atoms with Crippen LogP contribution in [0.3, 0.4) is 0 Å². The number of carbonyl (C=O) groups excluding carboxylic acids is 1. The first-order valence-electron chi connectivity index (χ1n) is 10.0. The zero-order valence-electron chi connectivity index (χ0n) is 15.0. The van der Waals surface area contributed by atoms with Crippen LogP contribution in [0, 0.1) is 29.1 Å². The molecule has 3 saturated carbocycles. The van der Waals surface area contributed by atoms with E-state index < -0.39 is 5.60 Å². The standard InChI is InChI=1S/C21H32O3/c1-20-10-7-17-16-6-4-15(23)13-14(16)3-5-18(17)19(20)8-11-21(20,24)9-2-12-22/h13,16-19,22,24H,2-12H2,1H3/t16-,17+,18+,19-,20-,21-/m0/s1. The second-order valence-electron chi connectivity index (χ2n) is 9.16. The lowest BCUT2D eigenvalue weighted by atomic mass is 9.50. The van der Waals surface area contributed by atoms with Crippen molar-refractivity contribution in [2.45, 2.75) is 76.7 Å². The summed E-state index contributed by atoms with van der Waals surface area (Å²) < 4.78 is 0. The summed E-state index contributed by atoms with van der Waals surface area (Å²) in [4.78, 5) is 11.8. The maximum absolute atomic E-state index is 11.8. The van der Waals surface area contributed by atoms with Gasteiger partial charge in [0, 0.05) is 13.0 Å². The molecule has 0 radical (unpaired) electrons. The first-order valence-corrected chi connectivity index (χ1v) is 10.0. The molecule has 6 atom stereocenters. The maximum atomic E-state index is 11.8. The number of hydrogen-bond donors (Lipinski definition) is 2. The molecule has 0 spiro atoms. The number of allylic oxidation sites excluding steroid dienone is 1. The minimum Gasteiger partial charge on any atom is -0.396 e. The molecule has 0 aromatic rings. The molecule has 0 bridgehead atoms. The van der Waals surface area contributed by atoms with Crippen molar-refractivity contribution in [1.29, 1.82) is 0 Å². The van der Waals surface area contributed by atoms with Gasteiger partial charge in [-0.2, -0.15) is 0 Å². The van der Waals surface area contributed by atoms with Crippen molar-refractivity contribution in [1.82, 2.24) is 0 Å². The molecule has 134 valence electrons. The van der Waals surface area contributed by atoms with E-state index in [-0.39, 0.29) is 12.0 Å². The molecule has 0 amide bonds. The Kier molecular flexibility index (Phi) is 4.16. The van der Waals surface area contributed by atoms with Crippen LogP contribution in [0.2, 0.25) is 0 Å². The monoisotopic (exact) mass is 332 g/mol. The van der Waals surface area contributed by atoms with Gasteiger partial charge in [-0.1, -0.05) is 12.5 Å². The Labute approximate surface area is 145 Å². The summed E-state index contributed by atoms with van der Waals surface area (Å²) >= 11 is 0. The second-order valence-corrected chi connectivity index (χ2v) is 9.16. The van der Waals surface area contributed by atoms with Gasteiger partial charge in [-0.05, 0) is 93.0 Å². The first-order chi connectivity index (χ1) is 11.5. The van der Waals surface area contributed by atoms with Crippen LogP contribution in [0.15, 0.2) is 11.6 Å². The topological polar surface area (TPSA) is 57.5 Å². The summed E-state index contributed by atoms with van der Waals surface area (Å²) in [5.74, 6) is 3.05. The fraction of sp³-hybridized carbons (Fsp3) is 0.857. The highest BCUT2D eigenvalue weighted by molar-refractivity contribution is 5.91. The van der Waals surface area contributed by atoms with Crippen molar-refractivity contribution >= 4 is 5.78 Å². The lowest BCUT2D eigenvalue weighted by Crippen LogP contribution is -2.52. The Balaban J connectivity index is 1.58. The van der Waals surface area contributed by atoms with Gasteiger partial charge >= 0.3 is 0 Å². The smallest absolute Gasteiger partial charge is 0.155 e. The highest BCUT2D eigenvalue weighted by atomic mass is 16.3. The summed E-state index contributed by atoms with van der Waals surface area (Å²) in [5.41, 5.74) is 0.878. The average molecular weight is 332 g/mol. The molecule has 3 heteroatoms. The molecule has 0 saturated heterocycles. The van der Waals surface area contributed by atoms with Gasteiger partial charge in [0.1, 0.15) is 0 Å². The van der Waals surface area contributed by atoms with Gasteiger partial charge < -0.3 is 10.2 Å². The number of ketones is 1. The number of hydrogen-bond acceptors (Lipinski definition) is 3. The summed E-state index contributed by atoms with van der Waals surface area (Å²) in [7, 11) is 0. The predicted octanol–water partition coefficient (Wildman–Crippen LogP) is 3.63. The fourth-order valence-electron chi connectivity index (χ4n) is 7.07. The molecule has 2 N–H and O–H groups in total. The zero-order chi connectivity index (χ0) is 16.9. The average Bonchev–Trinajstić information content (AvgIpc) is 2.84. The quantitative estimate of drug-likeness (QED) is 0.830.